The predicted molar refractivity (Wildman–Crippen MR) is 67.5 cm³/mol. The first kappa shape index (κ1) is 13.4. The molecule has 1 aromatic heterocycles. The summed E-state index contributed by atoms with van der Waals surface area (Å²) in [5.41, 5.74) is 6.82. The standard InChI is InChI=1S/C14H13F3N2/c15-14(16,17)12-5-3-10(4-6-12)1-2-11-7-8-19-13(18)9-11/h3-9H,1-2H2,(H2,18,19). The molecule has 0 spiro atoms. The number of alkyl halides is 3. The van der Waals surface area contributed by atoms with E-state index >= 15 is 0 Å². The summed E-state index contributed by atoms with van der Waals surface area (Å²) in [6.45, 7) is 0. The molecule has 2 nitrogen and oxygen atoms in total. The first-order chi connectivity index (χ1) is 8.95. The van der Waals surface area contributed by atoms with Gasteiger partial charge < -0.3 is 5.73 Å². The summed E-state index contributed by atoms with van der Waals surface area (Å²) >= 11 is 0. The Morgan fingerprint density at radius 3 is 2.16 bits per heavy atom. The van der Waals surface area contributed by atoms with E-state index in [1.54, 1.807) is 12.3 Å². The third kappa shape index (κ3) is 3.71. The predicted octanol–water partition coefficient (Wildman–Crippen LogP) is 3.47. The van der Waals surface area contributed by atoms with Crippen LogP contribution < -0.4 is 5.73 Å². The zero-order valence-electron chi connectivity index (χ0n) is 10.1. The largest absolute Gasteiger partial charge is 0.416 e. The van der Waals surface area contributed by atoms with E-state index in [0.717, 1.165) is 29.7 Å². The average molecular weight is 266 g/mol. The van der Waals surface area contributed by atoms with E-state index in [2.05, 4.69) is 4.98 Å². The van der Waals surface area contributed by atoms with Crippen molar-refractivity contribution in [1.29, 1.82) is 0 Å². The molecular formula is C14H13F3N2. The molecule has 0 unspecified atom stereocenters. The van der Waals surface area contributed by atoms with Crippen molar-refractivity contribution in [2.75, 3.05) is 5.73 Å². The molecular weight excluding hydrogens is 253 g/mol. The topological polar surface area (TPSA) is 38.9 Å². The summed E-state index contributed by atoms with van der Waals surface area (Å²) in [6.07, 6.45) is -1.27. The van der Waals surface area contributed by atoms with Crippen LogP contribution in [-0.2, 0) is 19.0 Å². The maximum absolute atomic E-state index is 12.4. The van der Waals surface area contributed by atoms with E-state index in [4.69, 9.17) is 5.73 Å². The van der Waals surface area contributed by atoms with Crippen LogP contribution in [0, 0.1) is 0 Å². The number of hydrogen-bond donors (Lipinski definition) is 1. The number of pyridine rings is 1. The number of aromatic nitrogens is 1. The lowest BCUT2D eigenvalue weighted by Crippen LogP contribution is -2.04. The SMILES string of the molecule is Nc1cc(CCc2ccc(C(F)(F)F)cc2)ccn1. The van der Waals surface area contributed by atoms with Crippen molar-refractivity contribution in [3.05, 3.63) is 59.3 Å². The van der Waals surface area contributed by atoms with Crippen LogP contribution in [0.4, 0.5) is 19.0 Å². The average Bonchev–Trinajstić information content (AvgIpc) is 2.36. The lowest BCUT2D eigenvalue weighted by molar-refractivity contribution is -0.137. The normalized spacial score (nSPS) is 11.5. The molecule has 0 fully saturated rings. The van der Waals surface area contributed by atoms with E-state index in [0.29, 0.717) is 12.2 Å². The van der Waals surface area contributed by atoms with Gasteiger partial charge >= 0.3 is 6.18 Å². The van der Waals surface area contributed by atoms with E-state index in [9.17, 15) is 13.2 Å². The summed E-state index contributed by atoms with van der Waals surface area (Å²) in [5, 5.41) is 0. The van der Waals surface area contributed by atoms with Crippen LogP contribution in [0.5, 0.6) is 0 Å². The van der Waals surface area contributed by atoms with Crippen LogP contribution in [0.25, 0.3) is 0 Å². The molecule has 5 heteroatoms. The molecule has 0 amide bonds. The second-order valence-corrected chi connectivity index (χ2v) is 4.28. The van der Waals surface area contributed by atoms with Gasteiger partial charge in [-0.1, -0.05) is 12.1 Å². The quantitative estimate of drug-likeness (QED) is 0.923. The van der Waals surface area contributed by atoms with Crippen molar-refractivity contribution < 1.29 is 13.2 Å². The zero-order valence-corrected chi connectivity index (χ0v) is 10.1. The van der Waals surface area contributed by atoms with E-state index in [1.807, 2.05) is 6.07 Å². The summed E-state index contributed by atoms with van der Waals surface area (Å²) in [4.78, 5) is 3.89. The smallest absolute Gasteiger partial charge is 0.384 e. The van der Waals surface area contributed by atoms with Crippen molar-refractivity contribution in [2.45, 2.75) is 19.0 Å². The van der Waals surface area contributed by atoms with Gasteiger partial charge in [-0.3, -0.25) is 0 Å². The lowest BCUT2D eigenvalue weighted by atomic mass is 10.0. The molecule has 0 bridgehead atoms. The number of anilines is 1. The highest BCUT2D eigenvalue weighted by Crippen LogP contribution is 2.29. The Bertz CT molecular complexity index is 547. The Hall–Kier alpha value is -2.04. The minimum absolute atomic E-state index is 0.449. The monoisotopic (exact) mass is 266 g/mol. The van der Waals surface area contributed by atoms with Crippen molar-refractivity contribution in [1.82, 2.24) is 4.98 Å². The number of rotatable bonds is 3. The number of aryl methyl sites for hydroxylation is 2. The summed E-state index contributed by atoms with van der Waals surface area (Å²) in [6, 6.07) is 8.84. The Balaban J connectivity index is 2.01. The van der Waals surface area contributed by atoms with Gasteiger partial charge in [0.15, 0.2) is 0 Å². The van der Waals surface area contributed by atoms with E-state index in [-0.39, 0.29) is 0 Å². The summed E-state index contributed by atoms with van der Waals surface area (Å²) in [5.74, 6) is 0.449. The maximum atomic E-state index is 12.4. The zero-order chi connectivity index (χ0) is 13.9. The van der Waals surface area contributed by atoms with Gasteiger partial charge in [-0.05, 0) is 48.2 Å². The van der Waals surface area contributed by atoms with Crippen LogP contribution in [0.3, 0.4) is 0 Å². The maximum Gasteiger partial charge on any atom is 0.416 e. The highest BCUT2D eigenvalue weighted by molar-refractivity contribution is 5.32. The van der Waals surface area contributed by atoms with Gasteiger partial charge in [-0.25, -0.2) is 4.98 Å². The molecule has 0 saturated heterocycles. The molecule has 2 aromatic rings. The van der Waals surface area contributed by atoms with Crippen molar-refractivity contribution in [3.8, 4) is 0 Å². The molecule has 0 radical (unpaired) electrons. The van der Waals surface area contributed by atoms with Crippen LogP contribution in [0.2, 0.25) is 0 Å². The van der Waals surface area contributed by atoms with Crippen LogP contribution in [0.15, 0.2) is 42.6 Å². The van der Waals surface area contributed by atoms with Crippen molar-refractivity contribution in [2.24, 2.45) is 0 Å². The Morgan fingerprint density at radius 1 is 0.947 bits per heavy atom. The van der Waals surface area contributed by atoms with Gasteiger partial charge in [0.2, 0.25) is 0 Å². The minimum Gasteiger partial charge on any atom is -0.384 e. The summed E-state index contributed by atoms with van der Waals surface area (Å²) < 4.78 is 37.2. The fourth-order valence-electron chi connectivity index (χ4n) is 1.80. The van der Waals surface area contributed by atoms with Crippen LogP contribution >= 0.6 is 0 Å². The van der Waals surface area contributed by atoms with Gasteiger partial charge in [0.1, 0.15) is 5.82 Å². The highest BCUT2D eigenvalue weighted by Gasteiger charge is 2.29. The Labute approximate surface area is 109 Å². The number of nitrogens with zero attached hydrogens (tertiary/aromatic N) is 1. The number of nitrogens with two attached hydrogens (primary N) is 1. The molecule has 1 aromatic carbocycles. The van der Waals surface area contributed by atoms with Crippen molar-refractivity contribution in [3.63, 3.8) is 0 Å². The fourth-order valence-corrected chi connectivity index (χ4v) is 1.80. The Kier molecular flexibility index (Phi) is 3.74. The molecule has 2 rings (SSSR count). The number of nitrogen functional groups attached to an aromatic ring is 1. The van der Waals surface area contributed by atoms with Gasteiger partial charge in [0, 0.05) is 6.20 Å². The van der Waals surface area contributed by atoms with Crippen LogP contribution in [0.1, 0.15) is 16.7 Å². The van der Waals surface area contributed by atoms with E-state index in [1.165, 1.54) is 12.1 Å². The van der Waals surface area contributed by atoms with Gasteiger partial charge in [-0.15, -0.1) is 0 Å². The molecule has 0 aliphatic carbocycles. The lowest BCUT2D eigenvalue weighted by Gasteiger charge is -2.07. The van der Waals surface area contributed by atoms with Gasteiger partial charge in [0.25, 0.3) is 0 Å². The first-order valence-electron chi connectivity index (χ1n) is 5.82. The number of hydrogen-bond acceptors (Lipinski definition) is 2. The fraction of sp³-hybridized carbons (Fsp3) is 0.214. The molecule has 0 saturated carbocycles. The van der Waals surface area contributed by atoms with Gasteiger partial charge in [-0.2, -0.15) is 13.2 Å². The van der Waals surface area contributed by atoms with Crippen LogP contribution in [-0.4, -0.2) is 4.98 Å². The van der Waals surface area contributed by atoms with Gasteiger partial charge in [0.05, 0.1) is 5.56 Å². The highest BCUT2D eigenvalue weighted by atomic mass is 19.4. The second-order valence-electron chi connectivity index (χ2n) is 4.28. The third-order valence-electron chi connectivity index (χ3n) is 2.83. The molecule has 0 aliphatic rings. The number of halogens is 3. The molecule has 19 heavy (non-hydrogen) atoms. The summed E-state index contributed by atoms with van der Waals surface area (Å²) in [7, 11) is 0. The first-order valence-corrected chi connectivity index (χ1v) is 5.82. The molecule has 2 N–H and O–H groups in total. The Morgan fingerprint density at radius 2 is 1.58 bits per heavy atom. The molecule has 100 valence electrons. The van der Waals surface area contributed by atoms with E-state index < -0.39 is 11.7 Å². The van der Waals surface area contributed by atoms with Crippen molar-refractivity contribution >= 4 is 5.82 Å². The molecule has 0 aliphatic heterocycles. The second kappa shape index (κ2) is 5.30. The third-order valence-corrected chi connectivity index (χ3v) is 2.83. The molecule has 0 atom stereocenters. The molecule has 1 heterocycles. The number of benzene rings is 1. The minimum atomic E-state index is -4.28.